The summed E-state index contributed by atoms with van der Waals surface area (Å²) >= 11 is 0. The SMILES string of the molecule is Cc1cccc(CC(N)c2ccc3c(c2)CCC(=O)N3)c1. The molecule has 0 saturated carbocycles. The van der Waals surface area contributed by atoms with E-state index in [1.165, 1.54) is 16.7 Å². The molecule has 3 N–H and O–H groups in total. The van der Waals surface area contributed by atoms with Crippen LogP contribution in [0.1, 0.15) is 34.7 Å². The Hall–Kier alpha value is -2.13. The summed E-state index contributed by atoms with van der Waals surface area (Å²) in [6.45, 7) is 2.09. The summed E-state index contributed by atoms with van der Waals surface area (Å²) in [5, 5.41) is 2.90. The van der Waals surface area contributed by atoms with Crippen molar-refractivity contribution >= 4 is 11.6 Å². The van der Waals surface area contributed by atoms with Gasteiger partial charge in [0.25, 0.3) is 0 Å². The molecule has 1 amide bonds. The van der Waals surface area contributed by atoms with E-state index in [1.54, 1.807) is 0 Å². The predicted octanol–water partition coefficient (Wildman–Crippen LogP) is 3.12. The number of benzene rings is 2. The first-order valence-corrected chi connectivity index (χ1v) is 7.35. The summed E-state index contributed by atoms with van der Waals surface area (Å²) in [5.74, 6) is 0.0966. The third-order valence-corrected chi connectivity index (χ3v) is 3.99. The number of hydrogen-bond donors (Lipinski definition) is 2. The van der Waals surface area contributed by atoms with Crippen molar-refractivity contribution in [1.29, 1.82) is 0 Å². The molecule has 0 bridgehead atoms. The maximum Gasteiger partial charge on any atom is 0.224 e. The van der Waals surface area contributed by atoms with Gasteiger partial charge in [-0.15, -0.1) is 0 Å². The Kier molecular flexibility index (Phi) is 3.76. The van der Waals surface area contributed by atoms with E-state index < -0.39 is 0 Å². The number of amides is 1. The molecule has 1 unspecified atom stereocenters. The van der Waals surface area contributed by atoms with Gasteiger partial charge in [-0.05, 0) is 42.5 Å². The second-order valence-corrected chi connectivity index (χ2v) is 5.76. The van der Waals surface area contributed by atoms with Crippen LogP contribution in [-0.2, 0) is 17.6 Å². The molecule has 0 saturated heterocycles. The number of nitrogens with two attached hydrogens (primary N) is 1. The zero-order valence-electron chi connectivity index (χ0n) is 12.2. The van der Waals surface area contributed by atoms with Crippen molar-refractivity contribution in [1.82, 2.24) is 0 Å². The Balaban J connectivity index is 1.79. The summed E-state index contributed by atoms with van der Waals surface area (Å²) < 4.78 is 0. The Morgan fingerprint density at radius 3 is 2.86 bits per heavy atom. The standard InChI is InChI=1S/C18H20N2O/c1-12-3-2-4-13(9-12)10-16(19)14-5-7-17-15(11-14)6-8-18(21)20-17/h2-5,7,9,11,16H,6,8,10,19H2,1H3,(H,20,21). The monoisotopic (exact) mass is 280 g/mol. The molecule has 3 rings (SSSR count). The molecule has 21 heavy (non-hydrogen) atoms. The Bertz CT molecular complexity index is 679. The van der Waals surface area contributed by atoms with E-state index in [-0.39, 0.29) is 11.9 Å². The molecular formula is C18H20N2O. The van der Waals surface area contributed by atoms with Crippen LogP contribution >= 0.6 is 0 Å². The van der Waals surface area contributed by atoms with Crippen molar-refractivity contribution in [3.8, 4) is 0 Å². The van der Waals surface area contributed by atoms with Gasteiger partial charge in [0.15, 0.2) is 0 Å². The van der Waals surface area contributed by atoms with Gasteiger partial charge >= 0.3 is 0 Å². The van der Waals surface area contributed by atoms with E-state index in [9.17, 15) is 4.79 Å². The van der Waals surface area contributed by atoms with Gasteiger partial charge in [-0.1, -0.05) is 42.0 Å². The molecule has 1 heterocycles. The van der Waals surface area contributed by atoms with E-state index in [0.29, 0.717) is 6.42 Å². The van der Waals surface area contributed by atoms with Crippen molar-refractivity contribution in [2.45, 2.75) is 32.2 Å². The molecular weight excluding hydrogens is 260 g/mol. The fourth-order valence-electron chi connectivity index (χ4n) is 2.84. The van der Waals surface area contributed by atoms with Crippen molar-refractivity contribution in [2.24, 2.45) is 5.73 Å². The smallest absolute Gasteiger partial charge is 0.224 e. The molecule has 0 fully saturated rings. The van der Waals surface area contributed by atoms with E-state index in [1.807, 2.05) is 12.1 Å². The first-order valence-electron chi connectivity index (χ1n) is 7.35. The van der Waals surface area contributed by atoms with Crippen LogP contribution in [0.25, 0.3) is 0 Å². The fraction of sp³-hybridized carbons (Fsp3) is 0.278. The second-order valence-electron chi connectivity index (χ2n) is 5.76. The maximum atomic E-state index is 11.4. The zero-order valence-corrected chi connectivity index (χ0v) is 12.2. The van der Waals surface area contributed by atoms with E-state index in [4.69, 9.17) is 5.73 Å². The number of nitrogens with one attached hydrogen (secondary N) is 1. The van der Waals surface area contributed by atoms with Crippen LogP contribution in [0, 0.1) is 6.92 Å². The van der Waals surface area contributed by atoms with Gasteiger partial charge in [-0.25, -0.2) is 0 Å². The summed E-state index contributed by atoms with van der Waals surface area (Å²) in [6.07, 6.45) is 2.18. The maximum absolute atomic E-state index is 11.4. The van der Waals surface area contributed by atoms with Crippen LogP contribution in [0.2, 0.25) is 0 Å². The largest absolute Gasteiger partial charge is 0.326 e. The highest BCUT2D eigenvalue weighted by molar-refractivity contribution is 5.93. The molecule has 1 aliphatic rings. The van der Waals surface area contributed by atoms with Crippen LogP contribution in [0.15, 0.2) is 42.5 Å². The lowest BCUT2D eigenvalue weighted by atomic mass is 9.94. The van der Waals surface area contributed by atoms with Gasteiger partial charge < -0.3 is 11.1 Å². The van der Waals surface area contributed by atoms with E-state index >= 15 is 0 Å². The molecule has 0 aromatic heterocycles. The molecule has 3 heteroatoms. The van der Waals surface area contributed by atoms with Crippen LogP contribution in [0.5, 0.6) is 0 Å². The number of aryl methyl sites for hydroxylation is 2. The van der Waals surface area contributed by atoms with Crippen molar-refractivity contribution < 1.29 is 4.79 Å². The number of carbonyl (C=O) groups is 1. The van der Waals surface area contributed by atoms with Gasteiger partial charge in [0, 0.05) is 18.2 Å². The molecule has 2 aromatic carbocycles. The highest BCUT2D eigenvalue weighted by Crippen LogP contribution is 2.26. The first kappa shape index (κ1) is 13.8. The third kappa shape index (κ3) is 3.14. The number of carbonyl (C=O) groups excluding carboxylic acids is 1. The molecule has 0 spiro atoms. The lowest BCUT2D eigenvalue weighted by Gasteiger charge is -2.20. The summed E-state index contributed by atoms with van der Waals surface area (Å²) in [6, 6.07) is 14.6. The molecule has 0 radical (unpaired) electrons. The molecule has 3 nitrogen and oxygen atoms in total. The predicted molar refractivity (Wildman–Crippen MR) is 85.2 cm³/mol. The van der Waals surface area contributed by atoms with Crippen molar-refractivity contribution in [2.75, 3.05) is 5.32 Å². The average molecular weight is 280 g/mol. The topological polar surface area (TPSA) is 55.1 Å². The van der Waals surface area contributed by atoms with Gasteiger partial charge in [0.2, 0.25) is 5.91 Å². The zero-order chi connectivity index (χ0) is 14.8. The average Bonchev–Trinajstić information content (AvgIpc) is 2.46. The number of rotatable bonds is 3. The summed E-state index contributed by atoms with van der Waals surface area (Å²) in [7, 11) is 0. The second kappa shape index (κ2) is 5.70. The van der Waals surface area contributed by atoms with Crippen LogP contribution < -0.4 is 11.1 Å². The molecule has 2 aromatic rings. The molecule has 1 aliphatic heterocycles. The molecule has 1 atom stereocenters. The number of hydrogen-bond acceptors (Lipinski definition) is 2. The Morgan fingerprint density at radius 1 is 1.19 bits per heavy atom. The van der Waals surface area contributed by atoms with Crippen molar-refractivity contribution in [3.05, 3.63) is 64.7 Å². The summed E-state index contributed by atoms with van der Waals surface area (Å²) in [5.41, 5.74) is 12.1. The number of fused-ring (bicyclic) bond motifs is 1. The minimum Gasteiger partial charge on any atom is -0.326 e. The van der Waals surface area contributed by atoms with Gasteiger partial charge in [-0.2, -0.15) is 0 Å². The molecule has 0 aliphatic carbocycles. The highest BCUT2D eigenvalue weighted by atomic mass is 16.1. The van der Waals surface area contributed by atoms with Crippen LogP contribution in [-0.4, -0.2) is 5.91 Å². The van der Waals surface area contributed by atoms with Crippen molar-refractivity contribution in [3.63, 3.8) is 0 Å². The van der Waals surface area contributed by atoms with Gasteiger partial charge in [0.1, 0.15) is 0 Å². The lowest BCUT2D eigenvalue weighted by Crippen LogP contribution is -2.20. The lowest BCUT2D eigenvalue weighted by molar-refractivity contribution is -0.116. The Morgan fingerprint density at radius 2 is 2.05 bits per heavy atom. The highest BCUT2D eigenvalue weighted by Gasteiger charge is 2.16. The normalized spacial score (nSPS) is 15.2. The number of anilines is 1. The van der Waals surface area contributed by atoms with E-state index in [0.717, 1.165) is 24.1 Å². The van der Waals surface area contributed by atoms with Gasteiger partial charge in [0.05, 0.1) is 0 Å². The first-order chi connectivity index (χ1) is 10.1. The minimum atomic E-state index is -0.0188. The minimum absolute atomic E-state index is 0.0188. The Labute approximate surface area is 125 Å². The molecule has 108 valence electrons. The third-order valence-electron chi connectivity index (χ3n) is 3.99. The van der Waals surface area contributed by atoms with Crippen LogP contribution in [0.4, 0.5) is 5.69 Å². The van der Waals surface area contributed by atoms with E-state index in [2.05, 4.69) is 42.6 Å². The fourth-order valence-corrected chi connectivity index (χ4v) is 2.84. The van der Waals surface area contributed by atoms with Crippen LogP contribution in [0.3, 0.4) is 0 Å². The van der Waals surface area contributed by atoms with Gasteiger partial charge in [-0.3, -0.25) is 4.79 Å². The quantitative estimate of drug-likeness (QED) is 0.907. The summed E-state index contributed by atoms with van der Waals surface area (Å²) in [4.78, 5) is 11.4.